The smallest absolute Gasteiger partial charge is 0.256 e. The summed E-state index contributed by atoms with van der Waals surface area (Å²) in [5, 5.41) is 10.4. The van der Waals surface area contributed by atoms with Crippen LogP contribution in [0.15, 0.2) is 30.3 Å². The number of anilines is 1. The summed E-state index contributed by atoms with van der Waals surface area (Å²) in [6, 6.07) is 9.02. The molecule has 0 radical (unpaired) electrons. The molecule has 0 unspecified atom stereocenters. The number of rotatable bonds is 3. The largest absolute Gasteiger partial charge is 0.378 e. The van der Waals surface area contributed by atoms with Gasteiger partial charge < -0.3 is 14.9 Å². The molecular weight excluding hydrogens is 304 g/mol. The summed E-state index contributed by atoms with van der Waals surface area (Å²) < 4.78 is 0. The maximum atomic E-state index is 12.6. The van der Waals surface area contributed by atoms with Crippen LogP contribution in [0.4, 0.5) is 5.82 Å². The Morgan fingerprint density at radius 3 is 2.62 bits per heavy atom. The van der Waals surface area contributed by atoms with E-state index in [-0.39, 0.29) is 5.91 Å². The number of aliphatic hydroxyl groups is 1. The summed E-state index contributed by atoms with van der Waals surface area (Å²) in [6.07, 6.45) is -0.444. The summed E-state index contributed by atoms with van der Waals surface area (Å²) in [6.45, 7) is 2.82. The molecule has 0 aliphatic carbocycles. The zero-order valence-electron chi connectivity index (χ0n) is 14.2. The molecule has 6 nitrogen and oxygen atoms in total. The second-order valence-corrected chi connectivity index (χ2v) is 6.24. The quantitative estimate of drug-likeness (QED) is 0.925. The topological polar surface area (TPSA) is 69.6 Å². The zero-order chi connectivity index (χ0) is 17.3. The van der Waals surface area contributed by atoms with Crippen molar-refractivity contribution in [3.63, 3.8) is 0 Å². The zero-order valence-corrected chi connectivity index (χ0v) is 14.2. The van der Waals surface area contributed by atoms with Crippen molar-refractivity contribution in [1.29, 1.82) is 0 Å². The molecule has 0 bridgehead atoms. The molecule has 1 aromatic carbocycles. The lowest BCUT2D eigenvalue weighted by atomic mass is 10.0. The first-order chi connectivity index (χ1) is 11.5. The van der Waals surface area contributed by atoms with Gasteiger partial charge in [0.25, 0.3) is 5.91 Å². The second kappa shape index (κ2) is 6.57. The Hall–Kier alpha value is -2.47. The van der Waals surface area contributed by atoms with Crippen molar-refractivity contribution in [2.75, 3.05) is 25.5 Å². The van der Waals surface area contributed by atoms with Crippen molar-refractivity contribution in [3.05, 3.63) is 53.0 Å². The van der Waals surface area contributed by atoms with E-state index in [9.17, 15) is 9.90 Å². The Bertz CT molecular complexity index is 746. The molecule has 24 heavy (non-hydrogen) atoms. The van der Waals surface area contributed by atoms with Crippen molar-refractivity contribution < 1.29 is 9.90 Å². The minimum Gasteiger partial charge on any atom is -0.378 e. The second-order valence-electron chi connectivity index (χ2n) is 6.24. The van der Waals surface area contributed by atoms with Gasteiger partial charge in [-0.25, -0.2) is 9.97 Å². The van der Waals surface area contributed by atoms with Crippen molar-refractivity contribution in [1.82, 2.24) is 14.9 Å². The number of benzene rings is 1. The molecule has 126 valence electrons. The molecule has 0 saturated carbocycles. The minimum atomic E-state index is -1.14. The number of carbonyl (C=O) groups excluding carboxylic acids is 1. The molecule has 3 rings (SSSR count). The number of hydrogen-bond acceptors (Lipinski definition) is 5. The summed E-state index contributed by atoms with van der Waals surface area (Å²) in [7, 11) is 3.91. The molecule has 0 saturated heterocycles. The van der Waals surface area contributed by atoms with Gasteiger partial charge in [-0.1, -0.05) is 30.3 Å². The van der Waals surface area contributed by atoms with E-state index in [1.165, 1.54) is 0 Å². The van der Waals surface area contributed by atoms with Gasteiger partial charge in [-0.05, 0) is 18.9 Å². The lowest BCUT2D eigenvalue weighted by Gasteiger charge is -2.31. The lowest BCUT2D eigenvalue weighted by Crippen LogP contribution is -2.40. The normalized spacial score (nSPS) is 14.9. The predicted octanol–water partition coefficient (Wildman–Crippen LogP) is 1.47. The molecule has 1 aliphatic heterocycles. The SMILES string of the molecule is Cc1nc2c(c(N(C)C)n1)CCN(C(=O)[C@H](O)c1ccccc1)C2. The Morgan fingerprint density at radius 1 is 1.25 bits per heavy atom. The molecule has 2 heterocycles. The first kappa shape index (κ1) is 16.4. The third-order valence-corrected chi connectivity index (χ3v) is 4.24. The van der Waals surface area contributed by atoms with E-state index in [2.05, 4.69) is 9.97 Å². The van der Waals surface area contributed by atoms with Crippen LogP contribution in [0.3, 0.4) is 0 Å². The fourth-order valence-corrected chi connectivity index (χ4v) is 3.04. The summed E-state index contributed by atoms with van der Waals surface area (Å²) in [5.74, 6) is 1.32. The summed E-state index contributed by atoms with van der Waals surface area (Å²) >= 11 is 0. The van der Waals surface area contributed by atoms with Crippen LogP contribution < -0.4 is 4.90 Å². The monoisotopic (exact) mass is 326 g/mol. The van der Waals surface area contributed by atoms with E-state index in [1.807, 2.05) is 44.1 Å². The Morgan fingerprint density at radius 2 is 1.96 bits per heavy atom. The number of aliphatic hydroxyl groups excluding tert-OH is 1. The van der Waals surface area contributed by atoms with E-state index in [4.69, 9.17) is 0 Å². The van der Waals surface area contributed by atoms with Gasteiger partial charge in [-0.15, -0.1) is 0 Å². The molecule has 1 N–H and O–H groups in total. The molecule has 6 heteroatoms. The maximum absolute atomic E-state index is 12.6. The number of carbonyl (C=O) groups is 1. The highest BCUT2D eigenvalue weighted by Crippen LogP contribution is 2.27. The maximum Gasteiger partial charge on any atom is 0.256 e. The van der Waals surface area contributed by atoms with Gasteiger partial charge in [-0.3, -0.25) is 4.79 Å². The highest BCUT2D eigenvalue weighted by atomic mass is 16.3. The summed E-state index contributed by atoms with van der Waals surface area (Å²) in [4.78, 5) is 25.3. The third-order valence-electron chi connectivity index (χ3n) is 4.24. The number of aromatic nitrogens is 2. The molecular formula is C18H22N4O2. The van der Waals surface area contributed by atoms with Gasteiger partial charge in [-0.2, -0.15) is 0 Å². The minimum absolute atomic E-state index is 0.283. The lowest BCUT2D eigenvalue weighted by molar-refractivity contribution is -0.141. The number of hydrogen-bond donors (Lipinski definition) is 1. The van der Waals surface area contributed by atoms with Crippen molar-refractivity contribution >= 4 is 11.7 Å². The fourth-order valence-electron chi connectivity index (χ4n) is 3.04. The summed E-state index contributed by atoms with van der Waals surface area (Å²) in [5.41, 5.74) is 2.57. The molecule has 0 fully saturated rings. The van der Waals surface area contributed by atoms with Crippen LogP contribution in [0, 0.1) is 6.92 Å². The van der Waals surface area contributed by atoms with E-state index in [0.29, 0.717) is 30.9 Å². The third kappa shape index (κ3) is 3.10. The van der Waals surface area contributed by atoms with Crippen LogP contribution in [0.5, 0.6) is 0 Å². The van der Waals surface area contributed by atoms with E-state index in [0.717, 1.165) is 17.1 Å². The number of fused-ring (bicyclic) bond motifs is 1. The van der Waals surface area contributed by atoms with Crippen molar-refractivity contribution in [2.45, 2.75) is 26.0 Å². The Labute approximate surface area is 141 Å². The predicted molar refractivity (Wildman–Crippen MR) is 91.6 cm³/mol. The number of amides is 1. The average molecular weight is 326 g/mol. The highest BCUT2D eigenvalue weighted by molar-refractivity contribution is 5.82. The number of nitrogens with zero attached hydrogens (tertiary/aromatic N) is 4. The highest BCUT2D eigenvalue weighted by Gasteiger charge is 2.29. The standard InChI is InChI=1S/C18H22N4O2/c1-12-19-15-11-22(10-9-14(15)17(20-12)21(2)3)18(24)16(23)13-7-5-4-6-8-13/h4-8,16,23H,9-11H2,1-3H3/t16-/m1/s1. The van der Waals surface area contributed by atoms with Gasteiger partial charge in [0.1, 0.15) is 11.6 Å². The van der Waals surface area contributed by atoms with E-state index >= 15 is 0 Å². The molecule has 2 aromatic rings. The van der Waals surface area contributed by atoms with E-state index < -0.39 is 6.10 Å². The van der Waals surface area contributed by atoms with Crippen LogP contribution in [0.25, 0.3) is 0 Å². The average Bonchev–Trinajstić information content (AvgIpc) is 2.59. The van der Waals surface area contributed by atoms with Crippen LogP contribution >= 0.6 is 0 Å². The van der Waals surface area contributed by atoms with Crippen LogP contribution in [0.2, 0.25) is 0 Å². The molecule has 0 spiro atoms. The van der Waals surface area contributed by atoms with Crippen LogP contribution in [-0.2, 0) is 17.8 Å². The van der Waals surface area contributed by atoms with Gasteiger partial charge >= 0.3 is 0 Å². The number of aryl methyl sites for hydroxylation is 1. The molecule has 1 amide bonds. The van der Waals surface area contributed by atoms with Crippen molar-refractivity contribution in [2.24, 2.45) is 0 Å². The van der Waals surface area contributed by atoms with Crippen molar-refractivity contribution in [3.8, 4) is 0 Å². The first-order valence-electron chi connectivity index (χ1n) is 8.03. The van der Waals surface area contributed by atoms with Crippen LogP contribution in [-0.4, -0.2) is 46.5 Å². The van der Waals surface area contributed by atoms with Gasteiger partial charge in [0.05, 0.1) is 12.2 Å². The van der Waals surface area contributed by atoms with Gasteiger partial charge in [0.15, 0.2) is 6.10 Å². The van der Waals surface area contributed by atoms with Gasteiger partial charge in [0.2, 0.25) is 0 Å². The van der Waals surface area contributed by atoms with Gasteiger partial charge in [0, 0.05) is 26.2 Å². The fraction of sp³-hybridized carbons (Fsp3) is 0.389. The Kier molecular flexibility index (Phi) is 4.49. The Balaban J connectivity index is 1.84. The molecule has 1 aromatic heterocycles. The first-order valence-corrected chi connectivity index (χ1v) is 8.03. The van der Waals surface area contributed by atoms with Crippen LogP contribution in [0.1, 0.15) is 28.7 Å². The van der Waals surface area contributed by atoms with E-state index in [1.54, 1.807) is 17.0 Å². The molecule has 1 aliphatic rings. The molecule has 1 atom stereocenters.